The van der Waals surface area contributed by atoms with Crippen molar-refractivity contribution in [2.75, 3.05) is 12.4 Å². The van der Waals surface area contributed by atoms with Gasteiger partial charge in [-0.05, 0) is 42.5 Å². The van der Waals surface area contributed by atoms with Crippen molar-refractivity contribution < 1.29 is 32.3 Å². The molecule has 3 rings (SSSR count). The molecule has 2 aromatic carbocycles. The van der Waals surface area contributed by atoms with Crippen LogP contribution in [0, 0.1) is 0 Å². The molecule has 0 spiro atoms. The Labute approximate surface area is 183 Å². The Kier molecular flexibility index (Phi) is 6.80. The van der Waals surface area contributed by atoms with Gasteiger partial charge in [0.2, 0.25) is 5.88 Å². The molecule has 0 saturated heterocycles. The standard InChI is InChI=1S/C21H17N3O7S/c1-30-21(27)31-18-12-7-15(13-22-18)20(26)24-32(28,29)17-10-8-16(9-11-17)23-19(25)14-5-3-2-4-6-14/h2-13H,1H3,(H,23,25)(H,24,26). The fourth-order valence-electron chi connectivity index (χ4n) is 2.45. The van der Waals surface area contributed by atoms with Crippen LogP contribution in [0.3, 0.4) is 0 Å². The zero-order valence-corrected chi connectivity index (χ0v) is 17.5. The van der Waals surface area contributed by atoms with Crippen molar-refractivity contribution in [1.29, 1.82) is 0 Å². The molecular weight excluding hydrogens is 438 g/mol. The summed E-state index contributed by atoms with van der Waals surface area (Å²) in [4.78, 5) is 39.0. The van der Waals surface area contributed by atoms with Gasteiger partial charge in [0.15, 0.2) is 0 Å². The average Bonchev–Trinajstić information content (AvgIpc) is 2.80. The molecule has 32 heavy (non-hydrogen) atoms. The van der Waals surface area contributed by atoms with Crippen LogP contribution in [0.4, 0.5) is 10.5 Å². The van der Waals surface area contributed by atoms with Crippen molar-refractivity contribution in [3.05, 3.63) is 84.1 Å². The maximum absolute atomic E-state index is 12.5. The number of hydrogen-bond acceptors (Lipinski definition) is 8. The Balaban J connectivity index is 1.65. The minimum absolute atomic E-state index is 0.0717. The molecule has 164 valence electrons. The lowest BCUT2D eigenvalue weighted by Gasteiger charge is -2.09. The number of methoxy groups -OCH3 is 1. The maximum atomic E-state index is 12.5. The Morgan fingerprint density at radius 3 is 2.12 bits per heavy atom. The summed E-state index contributed by atoms with van der Waals surface area (Å²) in [7, 11) is -3.06. The number of ether oxygens (including phenoxy) is 2. The highest BCUT2D eigenvalue weighted by Gasteiger charge is 2.19. The summed E-state index contributed by atoms with van der Waals surface area (Å²) >= 11 is 0. The van der Waals surface area contributed by atoms with Gasteiger partial charge in [0.1, 0.15) is 0 Å². The number of rotatable bonds is 6. The third kappa shape index (κ3) is 5.67. The van der Waals surface area contributed by atoms with Crippen LogP contribution < -0.4 is 14.8 Å². The molecule has 1 heterocycles. The van der Waals surface area contributed by atoms with Crippen LogP contribution >= 0.6 is 0 Å². The first-order valence-electron chi connectivity index (χ1n) is 9.04. The molecular formula is C21H17N3O7S. The highest BCUT2D eigenvalue weighted by Crippen LogP contribution is 2.16. The maximum Gasteiger partial charge on any atom is 0.514 e. The van der Waals surface area contributed by atoms with E-state index in [1.165, 1.54) is 36.4 Å². The average molecular weight is 455 g/mol. The van der Waals surface area contributed by atoms with Gasteiger partial charge in [-0.15, -0.1) is 0 Å². The number of amides is 2. The van der Waals surface area contributed by atoms with Crippen LogP contribution in [0.2, 0.25) is 0 Å². The van der Waals surface area contributed by atoms with Gasteiger partial charge in [-0.1, -0.05) is 18.2 Å². The lowest BCUT2D eigenvalue weighted by molar-refractivity contribution is 0.0979. The monoisotopic (exact) mass is 455 g/mol. The third-order valence-electron chi connectivity index (χ3n) is 4.04. The van der Waals surface area contributed by atoms with Crippen molar-refractivity contribution in [3.8, 4) is 5.88 Å². The molecule has 10 nitrogen and oxygen atoms in total. The summed E-state index contributed by atoms with van der Waals surface area (Å²) in [5.74, 6) is -1.39. The second-order valence-electron chi connectivity index (χ2n) is 6.22. The second kappa shape index (κ2) is 9.71. The van der Waals surface area contributed by atoms with E-state index in [9.17, 15) is 22.8 Å². The molecule has 0 unspecified atom stereocenters. The second-order valence-corrected chi connectivity index (χ2v) is 7.90. The first kappa shape index (κ1) is 22.4. The normalized spacial score (nSPS) is 10.7. The number of carbonyl (C=O) groups excluding carboxylic acids is 3. The summed E-state index contributed by atoms with van der Waals surface area (Å²) in [5.41, 5.74) is 0.764. The smallest absolute Gasteiger partial charge is 0.437 e. The predicted octanol–water partition coefficient (Wildman–Crippen LogP) is 2.60. The number of nitrogens with zero attached hydrogens (tertiary/aromatic N) is 1. The SMILES string of the molecule is COC(=O)Oc1ccc(C(=O)NS(=O)(=O)c2ccc(NC(=O)c3ccccc3)cc2)cn1. The van der Waals surface area contributed by atoms with Crippen LogP contribution in [0.1, 0.15) is 20.7 Å². The summed E-state index contributed by atoms with van der Waals surface area (Å²) in [6.45, 7) is 0. The number of benzene rings is 2. The van der Waals surface area contributed by atoms with Gasteiger partial charge in [-0.25, -0.2) is 22.9 Å². The first-order valence-corrected chi connectivity index (χ1v) is 10.5. The van der Waals surface area contributed by atoms with Crippen LogP contribution in [0.5, 0.6) is 5.88 Å². The molecule has 2 N–H and O–H groups in total. The minimum atomic E-state index is -4.18. The topological polar surface area (TPSA) is 141 Å². The van der Waals surface area contributed by atoms with Crippen LogP contribution in [-0.2, 0) is 14.8 Å². The van der Waals surface area contributed by atoms with Crippen molar-refractivity contribution in [3.63, 3.8) is 0 Å². The molecule has 0 bridgehead atoms. The molecule has 0 saturated carbocycles. The summed E-state index contributed by atoms with van der Waals surface area (Å²) in [5, 5.41) is 2.65. The van der Waals surface area contributed by atoms with Crippen LogP contribution in [0.25, 0.3) is 0 Å². The van der Waals surface area contributed by atoms with E-state index in [0.717, 1.165) is 13.3 Å². The highest BCUT2D eigenvalue weighted by atomic mass is 32.2. The number of anilines is 1. The summed E-state index contributed by atoms with van der Waals surface area (Å²) < 4.78 is 35.9. The van der Waals surface area contributed by atoms with Gasteiger partial charge >= 0.3 is 6.16 Å². The van der Waals surface area contributed by atoms with Crippen molar-refractivity contribution in [2.24, 2.45) is 0 Å². The number of pyridine rings is 1. The van der Waals surface area contributed by atoms with Crippen molar-refractivity contribution >= 4 is 33.7 Å². The van der Waals surface area contributed by atoms with E-state index < -0.39 is 22.1 Å². The Morgan fingerprint density at radius 1 is 0.844 bits per heavy atom. The van der Waals surface area contributed by atoms with Crippen molar-refractivity contribution in [2.45, 2.75) is 4.90 Å². The van der Waals surface area contributed by atoms with E-state index >= 15 is 0 Å². The molecule has 1 aromatic heterocycles. The zero-order valence-electron chi connectivity index (χ0n) is 16.6. The number of aromatic nitrogens is 1. The Hall–Kier alpha value is -4.25. The third-order valence-corrected chi connectivity index (χ3v) is 5.39. The fraction of sp³-hybridized carbons (Fsp3) is 0.0476. The molecule has 0 aliphatic heterocycles. The summed E-state index contributed by atoms with van der Waals surface area (Å²) in [6.07, 6.45) is 0.0615. The van der Waals surface area contributed by atoms with Gasteiger partial charge in [-0.2, -0.15) is 0 Å². The number of nitrogens with one attached hydrogen (secondary N) is 2. The molecule has 0 radical (unpaired) electrons. The van der Waals surface area contributed by atoms with Gasteiger partial charge in [0.25, 0.3) is 21.8 Å². The number of sulfonamides is 1. The van der Waals surface area contributed by atoms with E-state index in [0.29, 0.717) is 11.3 Å². The zero-order chi connectivity index (χ0) is 23.1. The van der Waals surface area contributed by atoms with E-state index in [4.69, 9.17) is 0 Å². The van der Waals surface area contributed by atoms with E-state index in [2.05, 4.69) is 19.8 Å². The molecule has 2 amide bonds. The molecule has 0 atom stereocenters. The fourth-order valence-corrected chi connectivity index (χ4v) is 3.43. The van der Waals surface area contributed by atoms with Gasteiger partial charge in [0.05, 0.1) is 17.6 Å². The van der Waals surface area contributed by atoms with Crippen molar-refractivity contribution in [1.82, 2.24) is 9.71 Å². The molecule has 3 aromatic rings. The van der Waals surface area contributed by atoms with E-state index in [1.54, 1.807) is 30.3 Å². The molecule has 0 fully saturated rings. The predicted molar refractivity (Wildman–Crippen MR) is 113 cm³/mol. The minimum Gasteiger partial charge on any atom is -0.437 e. The molecule has 11 heteroatoms. The van der Waals surface area contributed by atoms with Gasteiger partial charge in [-0.3, -0.25) is 9.59 Å². The number of carbonyl (C=O) groups is 3. The van der Waals surface area contributed by atoms with Crippen LogP contribution in [0.15, 0.2) is 77.8 Å². The largest absolute Gasteiger partial charge is 0.514 e. The Morgan fingerprint density at radius 2 is 1.53 bits per heavy atom. The van der Waals surface area contributed by atoms with E-state index in [-0.39, 0.29) is 22.2 Å². The highest BCUT2D eigenvalue weighted by molar-refractivity contribution is 7.90. The summed E-state index contributed by atoms with van der Waals surface area (Å²) in [6, 6.07) is 16.3. The lowest BCUT2D eigenvalue weighted by Crippen LogP contribution is -2.30. The quantitative estimate of drug-likeness (QED) is 0.541. The lowest BCUT2D eigenvalue weighted by atomic mass is 10.2. The van der Waals surface area contributed by atoms with E-state index in [1.807, 2.05) is 4.72 Å². The first-order chi connectivity index (χ1) is 15.3. The van der Waals surface area contributed by atoms with Gasteiger partial charge < -0.3 is 14.8 Å². The Bertz CT molecular complexity index is 1230. The van der Waals surface area contributed by atoms with Gasteiger partial charge in [0, 0.05) is 23.5 Å². The van der Waals surface area contributed by atoms with Crippen LogP contribution in [-0.4, -0.2) is 38.5 Å². The molecule has 0 aliphatic carbocycles. The number of hydrogen-bond donors (Lipinski definition) is 2. The molecule has 0 aliphatic rings.